The number of fused-ring (bicyclic) bond motifs is 3. The van der Waals surface area contributed by atoms with E-state index in [-0.39, 0.29) is 11.1 Å². The first-order valence-electron chi connectivity index (χ1n) is 8.66. The molecule has 130 valence electrons. The van der Waals surface area contributed by atoms with Crippen molar-refractivity contribution in [3.05, 3.63) is 46.5 Å². The maximum absolute atomic E-state index is 12.8. The summed E-state index contributed by atoms with van der Waals surface area (Å²) in [5.41, 5.74) is 1.74. The molecule has 0 aliphatic carbocycles. The van der Waals surface area contributed by atoms with Crippen LogP contribution in [-0.4, -0.2) is 27.7 Å². The summed E-state index contributed by atoms with van der Waals surface area (Å²) in [5, 5.41) is 6.14. The van der Waals surface area contributed by atoms with E-state index in [2.05, 4.69) is 24.1 Å². The second-order valence-electron chi connectivity index (χ2n) is 7.46. The molecule has 2 aromatic heterocycles. The zero-order chi connectivity index (χ0) is 17.8. The van der Waals surface area contributed by atoms with Crippen molar-refractivity contribution < 1.29 is 4.74 Å². The summed E-state index contributed by atoms with van der Waals surface area (Å²) >= 11 is 0. The van der Waals surface area contributed by atoms with E-state index in [1.54, 1.807) is 17.8 Å². The van der Waals surface area contributed by atoms with Gasteiger partial charge in [-0.25, -0.2) is 0 Å². The predicted octanol–water partition coefficient (Wildman–Crippen LogP) is 2.91. The third-order valence-electron chi connectivity index (χ3n) is 5.17. The van der Waals surface area contributed by atoms with Crippen LogP contribution in [0.15, 0.2) is 35.3 Å². The molecule has 1 aliphatic rings. The molecule has 5 heteroatoms. The summed E-state index contributed by atoms with van der Waals surface area (Å²) in [6.45, 7) is 6.86. The molecule has 1 aliphatic heterocycles. The van der Waals surface area contributed by atoms with Gasteiger partial charge in [0.15, 0.2) is 0 Å². The number of hydrogen-bond acceptors (Lipinski definition) is 4. The molecule has 3 heterocycles. The maximum atomic E-state index is 12.8. The number of ether oxygens (including phenoxy) is 1. The van der Waals surface area contributed by atoms with Crippen LogP contribution in [0.2, 0.25) is 0 Å². The lowest BCUT2D eigenvalue weighted by Gasteiger charge is -2.45. The predicted molar refractivity (Wildman–Crippen MR) is 100 cm³/mol. The van der Waals surface area contributed by atoms with Crippen molar-refractivity contribution in [2.75, 3.05) is 6.61 Å². The topological polar surface area (TPSA) is 56.1 Å². The molecule has 1 fully saturated rings. The van der Waals surface area contributed by atoms with Gasteiger partial charge in [0.25, 0.3) is 5.56 Å². The van der Waals surface area contributed by atoms with Crippen molar-refractivity contribution in [1.29, 1.82) is 0 Å². The average molecular weight is 337 g/mol. The van der Waals surface area contributed by atoms with Crippen LogP contribution in [0.25, 0.3) is 21.7 Å². The molecule has 2 atom stereocenters. The number of nitrogens with one attached hydrogen (secondary N) is 1. The van der Waals surface area contributed by atoms with Crippen molar-refractivity contribution in [1.82, 2.24) is 14.9 Å². The Labute approximate surface area is 146 Å². The van der Waals surface area contributed by atoms with Gasteiger partial charge in [-0.15, -0.1) is 0 Å². The van der Waals surface area contributed by atoms with Crippen LogP contribution in [0.5, 0.6) is 5.75 Å². The molecule has 0 bridgehead atoms. The van der Waals surface area contributed by atoms with Crippen LogP contribution in [0.3, 0.4) is 0 Å². The van der Waals surface area contributed by atoms with Crippen molar-refractivity contribution in [3.8, 4) is 5.75 Å². The summed E-state index contributed by atoms with van der Waals surface area (Å²) < 4.78 is 7.66. The number of aryl methyl sites for hydroxylation is 2. The highest BCUT2D eigenvalue weighted by Crippen LogP contribution is 2.28. The fourth-order valence-electron chi connectivity index (χ4n) is 4.10. The van der Waals surface area contributed by atoms with Crippen LogP contribution < -0.4 is 15.6 Å². The zero-order valence-corrected chi connectivity index (χ0v) is 15.1. The monoisotopic (exact) mass is 337 g/mol. The van der Waals surface area contributed by atoms with Gasteiger partial charge in [0.2, 0.25) is 0 Å². The molecule has 0 radical (unpaired) electrons. The molecule has 0 spiro atoms. The third-order valence-corrected chi connectivity index (χ3v) is 5.17. The molecule has 1 N–H and O–H groups in total. The van der Waals surface area contributed by atoms with Gasteiger partial charge in [-0.2, -0.15) is 0 Å². The molecule has 5 nitrogen and oxygen atoms in total. The Balaban J connectivity index is 1.77. The number of aromatic nitrogens is 2. The first-order chi connectivity index (χ1) is 11.9. The SMILES string of the molecule is Cc1nccc2c3ccc(OCC4(C)CC(C)N4)cc3c(=O)n(C)c12. The standard InChI is InChI=1S/C20H23N3O2/c1-12-10-20(3,22-12)11-25-14-5-6-15-16-7-8-21-13(2)18(16)23(4)19(24)17(15)9-14/h5-9,12,22H,10-11H2,1-4H3. The van der Waals surface area contributed by atoms with Gasteiger partial charge in [-0.1, -0.05) is 0 Å². The summed E-state index contributed by atoms with van der Waals surface area (Å²) in [4.78, 5) is 17.1. The fraction of sp³-hybridized carbons (Fsp3) is 0.400. The highest BCUT2D eigenvalue weighted by atomic mass is 16.5. The summed E-state index contributed by atoms with van der Waals surface area (Å²) in [7, 11) is 1.80. The molecule has 0 saturated carbocycles. The normalized spacial score (nSPS) is 23.0. The lowest BCUT2D eigenvalue weighted by Crippen LogP contribution is -2.63. The van der Waals surface area contributed by atoms with E-state index in [0.717, 1.165) is 34.2 Å². The van der Waals surface area contributed by atoms with Crippen molar-refractivity contribution in [2.45, 2.75) is 38.8 Å². The minimum Gasteiger partial charge on any atom is -0.492 e. The molecule has 0 amide bonds. The second kappa shape index (κ2) is 5.56. The highest BCUT2D eigenvalue weighted by molar-refractivity contribution is 6.06. The van der Waals surface area contributed by atoms with E-state index in [1.165, 1.54) is 0 Å². The van der Waals surface area contributed by atoms with Crippen LogP contribution in [0.1, 0.15) is 26.0 Å². The van der Waals surface area contributed by atoms with Crippen molar-refractivity contribution in [2.24, 2.45) is 7.05 Å². The van der Waals surface area contributed by atoms with Gasteiger partial charge in [-0.3, -0.25) is 9.78 Å². The number of benzene rings is 1. The van der Waals surface area contributed by atoms with E-state index >= 15 is 0 Å². The molecule has 3 aromatic rings. The second-order valence-corrected chi connectivity index (χ2v) is 7.46. The molecule has 4 rings (SSSR count). The number of pyridine rings is 2. The van der Waals surface area contributed by atoms with Crippen molar-refractivity contribution in [3.63, 3.8) is 0 Å². The minimum atomic E-state index is -0.0225. The van der Waals surface area contributed by atoms with Crippen LogP contribution >= 0.6 is 0 Å². The Morgan fingerprint density at radius 2 is 2.08 bits per heavy atom. The molecule has 2 unspecified atom stereocenters. The summed E-state index contributed by atoms with van der Waals surface area (Å²) in [5.74, 6) is 0.734. The van der Waals surface area contributed by atoms with Crippen LogP contribution in [-0.2, 0) is 7.05 Å². The molecule has 1 saturated heterocycles. The largest absolute Gasteiger partial charge is 0.492 e. The van der Waals surface area contributed by atoms with Crippen LogP contribution in [0.4, 0.5) is 0 Å². The highest BCUT2D eigenvalue weighted by Gasteiger charge is 2.37. The van der Waals surface area contributed by atoms with Gasteiger partial charge >= 0.3 is 0 Å². The Morgan fingerprint density at radius 1 is 1.32 bits per heavy atom. The van der Waals surface area contributed by atoms with Crippen molar-refractivity contribution >= 4 is 21.7 Å². The van der Waals surface area contributed by atoms with E-state index < -0.39 is 0 Å². The maximum Gasteiger partial charge on any atom is 0.258 e. The van der Waals surface area contributed by atoms with E-state index in [4.69, 9.17) is 4.74 Å². The van der Waals surface area contributed by atoms with Crippen LogP contribution in [0, 0.1) is 6.92 Å². The average Bonchev–Trinajstić information content (AvgIpc) is 2.56. The van der Waals surface area contributed by atoms with Gasteiger partial charge in [0.1, 0.15) is 12.4 Å². The number of nitrogens with zero attached hydrogens (tertiary/aromatic N) is 2. The minimum absolute atomic E-state index is 0.0193. The molecule has 25 heavy (non-hydrogen) atoms. The lowest BCUT2D eigenvalue weighted by atomic mass is 9.85. The quantitative estimate of drug-likeness (QED) is 0.747. The Kier molecular flexibility index (Phi) is 3.58. The molecular formula is C20H23N3O2. The summed E-state index contributed by atoms with van der Waals surface area (Å²) in [6.07, 6.45) is 2.88. The first kappa shape index (κ1) is 16.1. The third kappa shape index (κ3) is 2.59. The summed E-state index contributed by atoms with van der Waals surface area (Å²) in [6, 6.07) is 8.29. The molecular weight excluding hydrogens is 314 g/mol. The van der Waals surface area contributed by atoms with E-state index in [0.29, 0.717) is 18.0 Å². The Morgan fingerprint density at radius 3 is 2.80 bits per heavy atom. The smallest absolute Gasteiger partial charge is 0.258 e. The van der Waals surface area contributed by atoms with Gasteiger partial charge < -0.3 is 14.6 Å². The van der Waals surface area contributed by atoms with Gasteiger partial charge in [-0.05, 0) is 56.8 Å². The zero-order valence-electron chi connectivity index (χ0n) is 15.1. The van der Waals surface area contributed by atoms with E-state index in [9.17, 15) is 4.79 Å². The lowest BCUT2D eigenvalue weighted by molar-refractivity contribution is 0.0952. The fourth-order valence-corrected chi connectivity index (χ4v) is 4.10. The number of rotatable bonds is 3. The molecule has 1 aromatic carbocycles. The van der Waals surface area contributed by atoms with Gasteiger partial charge in [0.05, 0.1) is 22.1 Å². The van der Waals surface area contributed by atoms with Gasteiger partial charge in [0, 0.05) is 24.7 Å². The Bertz CT molecular complexity index is 1030. The van der Waals surface area contributed by atoms with E-state index in [1.807, 2.05) is 31.2 Å². The first-order valence-corrected chi connectivity index (χ1v) is 8.66. The number of hydrogen-bond donors (Lipinski definition) is 1. The Hall–Kier alpha value is -2.40.